The molecule has 98 valence electrons. The van der Waals surface area contributed by atoms with Crippen molar-refractivity contribution in [2.24, 2.45) is 0 Å². The number of nitrogens with zero attached hydrogens (tertiary/aromatic N) is 4. The molecule has 0 unspecified atom stereocenters. The Labute approximate surface area is 114 Å². The summed E-state index contributed by atoms with van der Waals surface area (Å²) in [7, 11) is 0. The highest BCUT2D eigenvalue weighted by Crippen LogP contribution is 2.17. The van der Waals surface area contributed by atoms with Gasteiger partial charge in [0.1, 0.15) is 5.52 Å². The molecule has 0 bridgehead atoms. The van der Waals surface area contributed by atoms with Crippen molar-refractivity contribution in [1.29, 1.82) is 0 Å². The van der Waals surface area contributed by atoms with Crippen LogP contribution in [0.5, 0.6) is 0 Å². The summed E-state index contributed by atoms with van der Waals surface area (Å²) >= 11 is 0. The lowest BCUT2D eigenvalue weighted by molar-refractivity contribution is -0.685. The summed E-state index contributed by atoms with van der Waals surface area (Å²) in [5, 5.41) is 8.72. The Morgan fingerprint density at radius 3 is 2.60 bits per heavy atom. The molecule has 0 aromatic carbocycles. The van der Waals surface area contributed by atoms with E-state index in [0.717, 1.165) is 16.8 Å². The van der Waals surface area contributed by atoms with Crippen molar-refractivity contribution in [1.82, 2.24) is 15.0 Å². The van der Waals surface area contributed by atoms with E-state index in [0.29, 0.717) is 5.65 Å². The van der Waals surface area contributed by atoms with Crippen LogP contribution < -0.4 is 4.57 Å². The fraction of sp³-hybridized carbons (Fsp3) is 0.0714. The molecular weight excluding hydrogens is 256 g/mol. The Balaban J connectivity index is 1.96. The average Bonchev–Trinajstić information content (AvgIpc) is 2.47. The Morgan fingerprint density at radius 1 is 1.10 bits per heavy atom. The van der Waals surface area contributed by atoms with Crippen LogP contribution in [0.3, 0.4) is 0 Å². The minimum Gasteiger partial charge on any atom is -0.477 e. The van der Waals surface area contributed by atoms with E-state index in [1.54, 1.807) is 29.4 Å². The number of fused-ring (bicyclic) bond motifs is 1. The molecule has 6 nitrogen and oxygen atoms in total. The normalized spacial score (nSPS) is 10.6. The molecule has 6 heteroatoms. The van der Waals surface area contributed by atoms with Crippen LogP contribution in [0.1, 0.15) is 0 Å². The zero-order valence-electron chi connectivity index (χ0n) is 10.5. The van der Waals surface area contributed by atoms with E-state index in [1.807, 2.05) is 24.3 Å². The molecule has 0 saturated carbocycles. The molecule has 20 heavy (non-hydrogen) atoms. The molecule has 0 fully saturated rings. The van der Waals surface area contributed by atoms with E-state index in [9.17, 15) is 4.79 Å². The lowest BCUT2D eigenvalue weighted by Gasteiger charge is -2.01. The molecule has 0 amide bonds. The van der Waals surface area contributed by atoms with E-state index in [-0.39, 0.29) is 6.54 Å². The van der Waals surface area contributed by atoms with Crippen LogP contribution in [0, 0.1) is 0 Å². The smallest absolute Gasteiger partial charge is 0.370 e. The summed E-state index contributed by atoms with van der Waals surface area (Å²) in [6.45, 7) is -0.0586. The van der Waals surface area contributed by atoms with E-state index in [2.05, 4.69) is 15.0 Å². The van der Waals surface area contributed by atoms with Gasteiger partial charge in [-0.3, -0.25) is 4.98 Å². The van der Waals surface area contributed by atoms with Crippen LogP contribution in [0.4, 0.5) is 0 Å². The Hall–Kier alpha value is -2.89. The number of aliphatic carboxylic acids is 1. The van der Waals surface area contributed by atoms with Gasteiger partial charge < -0.3 is 5.11 Å². The van der Waals surface area contributed by atoms with E-state index in [4.69, 9.17) is 5.11 Å². The lowest BCUT2D eigenvalue weighted by Crippen LogP contribution is -2.36. The first-order chi connectivity index (χ1) is 9.72. The van der Waals surface area contributed by atoms with Crippen molar-refractivity contribution in [2.45, 2.75) is 6.54 Å². The van der Waals surface area contributed by atoms with E-state index < -0.39 is 5.97 Å². The number of carbonyl (C=O) groups is 1. The molecule has 0 aliphatic heterocycles. The van der Waals surface area contributed by atoms with Crippen LogP contribution in [0.2, 0.25) is 0 Å². The molecule has 0 aliphatic carbocycles. The molecule has 1 N–H and O–H groups in total. The largest absolute Gasteiger partial charge is 0.477 e. The van der Waals surface area contributed by atoms with Crippen LogP contribution in [0.25, 0.3) is 22.4 Å². The van der Waals surface area contributed by atoms with Crippen molar-refractivity contribution >= 4 is 17.1 Å². The van der Waals surface area contributed by atoms with Crippen molar-refractivity contribution in [3.05, 3.63) is 49.1 Å². The second kappa shape index (κ2) is 5.00. The molecule has 3 aromatic heterocycles. The van der Waals surface area contributed by atoms with Gasteiger partial charge in [-0.25, -0.2) is 14.8 Å². The van der Waals surface area contributed by atoms with Crippen LogP contribution in [0.15, 0.2) is 49.1 Å². The number of hydrogen-bond acceptors (Lipinski definition) is 4. The van der Waals surface area contributed by atoms with Gasteiger partial charge in [0.05, 0.1) is 5.69 Å². The fourth-order valence-corrected chi connectivity index (χ4v) is 1.90. The highest BCUT2D eigenvalue weighted by molar-refractivity contribution is 5.73. The van der Waals surface area contributed by atoms with Gasteiger partial charge in [-0.1, -0.05) is 0 Å². The highest BCUT2D eigenvalue weighted by atomic mass is 16.4. The predicted octanol–water partition coefficient (Wildman–Crippen LogP) is 1.06. The van der Waals surface area contributed by atoms with Gasteiger partial charge in [0.25, 0.3) is 0 Å². The Morgan fingerprint density at radius 2 is 1.85 bits per heavy atom. The summed E-state index contributed by atoms with van der Waals surface area (Å²) in [5.41, 5.74) is 3.01. The van der Waals surface area contributed by atoms with Gasteiger partial charge in [-0.15, -0.1) is 0 Å². The molecule has 0 radical (unpaired) electrons. The second-order valence-electron chi connectivity index (χ2n) is 4.25. The summed E-state index contributed by atoms with van der Waals surface area (Å²) in [5.74, 6) is -0.873. The van der Waals surface area contributed by atoms with Gasteiger partial charge in [-0.05, 0) is 12.1 Å². The molecule has 3 heterocycles. The average molecular weight is 267 g/mol. The first-order valence-corrected chi connectivity index (χ1v) is 6.01. The topological polar surface area (TPSA) is 79.9 Å². The summed E-state index contributed by atoms with van der Waals surface area (Å²) in [4.78, 5) is 23.4. The SMILES string of the molecule is O=C(O)C[n+]1ccc(-c2ccc3nccnc3n2)cc1. The quantitative estimate of drug-likeness (QED) is 0.718. The number of carboxylic acids is 1. The van der Waals surface area contributed by atoms with Crippen molar-refractivity contribution in [3.8, 4) is 11.3 Å². The van der Waals surface area contributed by atoms with Gasteiger partial charge in [0.15, 0.2) is 18.0 Å². The third kappa shape index (κ3) is 2.44. The zero-order valence-corrected chi connectivity index (χ0v) is 10.5. The third-order valence-electron chi connectivity index (χ3n) is 2.84. The summed E-state index contributed by atoms with van der Waals surface area (Å²) in [6, 6.07) is 7.39. The fourth-order valence-electron chi connectivity index (χ4n) is 1.90. The number of carboxylic acid groups (broad SMARTS) is 1. The monoisotopic (exact) mass is 267 g/mol. The molecule has 0 aliphatic rings. The standard InChI is InChI=1S/C14H10N4O2/c19-13(20)9-18-7-3-10(4-8-18)11-1-2-12-14(17-11)16-6-5-15-12/h1-8H,9H2/p+1. The van der Waals surface area contributed by atoms with Crippen molar-refractivity contribution in [2.75, 3.05) is 0 Å². The minimum atomic E-state index is -0.873. The molecule has 3 rings (SSSR count). The van der Waals surface area contributed by atoms with Crippen LogP contribution in [-0.2, 0) is 11.3 Å². The zero-order chi connectivity index (χ0) is 13.9. The summed E-state index contributed by atoms with van der Waals surface area (Å²) in [6.07, 6.45) is 6.66. The van der Waals surface area contributed by atoms with Crippen molar-refractivity contribution in [3.63, 3.8) is 0 Å². The second-order valence-corrected chi connectivity index (χ2v) is 4.25. The maximum atomic E-state index is 10.6. The van der Waals surface area contributed by atoms with Gasteiger partial charge >= 0.3 is 5.97 Å². The Kier molecular flexibility index (Phi) is 3.04. The predicted molar refractivity (Wildman–Crippen MR) is 70.6 cm³/mol. The highest BCUT2D eigenvalue weighted by Gasteiger charge is 2.08. The summed E-state index contributed by atoms with van der Waals surface area (Å²) < 4.78 is 1.59. The number of hydrogen-bond donors (Lipinski definition) is 1. The van der Waals surface area contributed by atoms with Gasteiger partial charge in [-0.2, -0.15) is 4.57 Å². The van der Waals surface area contributed by atoms with Crippen LogP contribution in [-0.4, -0.2) is 26.0 Å². The number of aromatic nitrogens is 4. The van der Waals surface area contributed by atoms with Gasteiger partial charge in [0.2, 0.25) is 6.54 Å². The minimum absolute atomic E-state index is 0.0586. The molecule has 0 saturated heterocycles. The molecular formula is C14H11N4O2+. The molecule has 0 atom stereocenters. The molecule has 3 aromatic rings. The first-order valence-electron chi connectivity index (χ1n) is 6.01. The van der Waals surface area contributed by atoms with E-state index >= 15 is 0 Å². The van der Waals surface area contributed by atoms with Crippen LogP contribution >= 0.6 is 0 Å². The van der Waals surface area contributed by atoms with Gasteiger partial charge in [0, 0.05) is 30.1 Å². The van der Waals surface area contributed by atoms with Crippen molar-refractivity contribution < 1.29 is 14.5 Å². The third-order valence-corrected chi connectivity index (χ3v) is 2.84. The maximum absolute atomic E-state index is 10.6. The number of rotatable bonds is 3. The number of pyridine rings is 2. The van der Waals surface area contributed by atoms with E-state index in [1.165, 1.54) is 0 Å². The lowest BCUT2D eigenvalue weighted by atomic mass is 10.2. The molecule has 0 spiro atoms. The maximum Gasteiger partial charge on any atom is 0.370 e. The Bertz CT molecular complexity index is 771. The first kappa shape index (κ1) is 12.2.